The number of hydrogen-bond acceptors (Lipinski definition) is 4. The summed E-state index contributed by atoms with van der Waals surface area (Å²) in [7, 11) is 0. The lowest BCUT2D eigenvalue weighted by Gasteiger charge is -2.05. The van der Waals surface area contributed by atoms with Crippen LogP contribution in [-0.2, 0) is 6.42 Å². The van der Waals surface area contributed by atoms with Gasteiger partial charge in [-0.3, -0.25) is 4.79 Å². The normalized spacial score (nSPS) is 10.2. The minimum Gasteiger partial charge on any atom is -0.506 e. The maximum atomic E-state index is 11.7. The van der Waals surface area contributed by atoms with Crippen LogP contribution in [0.1, 0.15) is 16.2 Å². The van der Waals surface area contributed by atoms with Crippen molar-refractivity contribution in [3.8, 4) is 5.75 Å². The van der Waals surface area contributed by atoms with Crippen LogP contribution in [-0.4, -0.2) is 27.5 Å². The Morgan fingerprint density at radius 2 is 2.33 bits per heavy atom. The van der Waals surface area contributed by atoms with E-state index in [1.165, 1.54) is 12.1 Å². The first-order valence-electron chi connectivity index (χ1n) is 5.52. The van der Waals surface area contributed by atoms with E-state index in [1.54, 1.807) is 18.5 Å². The number of carbonyl (C=O) groups is 1. The molecule has 0 saturated heterocycles. The summed E-state index contributed by atoms with van der Waals surface area (Å²) in [5.41, 5.74) is 6.09. The predicted molar refractivity (Wildman–Crippen MR) is 67.1 cm³/mol. The van der Waals surface area contributed by atoms with E-state index < -0.39 is 0 Å². The second kappa shape index (κ2) is 5.22. The molecular formula is C12H14N4O2. The fourth-order valence-corrected chi connectivity index (χ4v) is 1.52. The van der Waals surface area contributed by atoms with Gasteiger partial charge in [0.15, 0.2) is 0 Å². The van der Waals surface area contributed by atoms with Gasteiger partial charge in [-0.15, -0.1) is 0 Å². The number of amides is 1. The summed E-state index contributed by atoms with van der Waals surface area (Å²) in [5.74, 6) is 0.473. The van der Waals surface area contributed by atoms with Crippen molar-refractivity contribution < 1.29 is 9.90 Å². The number of H-pyrrole nitrogens is 1. The molecule has 0 aliphatic rings. The number of nitrogens with one attached hydrogen (secondary N) is 2. The van der Waals surface area contributed by atoms with Crippen LogP contribution in [0.2, 0.25) is 0 Å². The molecule has 0 spiro atoms. The van der Waals surface area contributed by atoms with Crippen LogP contribution in [0.3, 0.4) is 0 Å². The molecule has 2 rings (SSSR count). The molecule has 0 aliphatic heterocycles. The third-order valence-corrected chi connectivity index (χ3v) is 2.49. The Bertz CT molecular complexity index is 537. The van der Waals surface area contributed by atoms with Crippen LogP contribution < -0.4 is 11.1 Å². The Labute approximate surface area is 104 Å². The number of nitrogen functional groups attached to an aromatic ring is 1. The van der Waals surface area contributed by atoms with Gasteiger partial charge in [-0.25, -0.2) is 4.98 Å². The standard InChI is InChI=1S/C12H14N4O2/c13-9-2-1-8(7-10(9)17)12(18)16-4-3-11-14-5-6-15-11/h1-2,5-7,17H,3-4,13H2,(H,14,15)(H,16,18). The molecule has 6 heteroatoms. The van der Waals surface area contributed by atoms with Gasteiger partial charge in [-0.1, -0.05) is 0 Å². The number of nitrogens with two attached hydrogens (primary N) is 1. The van der Waals surface area contributed by atoms with E-state index in [9.17, 15) is 9.90 Å². The first kappa shape index (κ1) is 12.0. The summed E-state index contributed by atoms with van der Waals surface area (Å²) >= 11 is 0. The van der Waals surface area contributed by atoms with E-state index in [-0.39, 0.29) is 17.3 Å². The van der Waals surface area contributed by atoms with E-state index >= 15 is 0 Å². The van der Waals surface area contributed by atoms with Crippen LogP contribution in [0.15, 0.2) is 30.6 Å². The monoisotopic (exact) mass is 246 g/mol. The van der Waals surface area contributed by atoms with Crippen molar-refractivity contribution in [2.75, 3.05) is 12.3 Å². The molecule has 1 aromatic heterocycles. The number of phenols is 1. The van der Waals surface area contributed by atoms with Crippen molar-refractivity contribution in [1.29, 1.82) is 0 Å². The van der Waals surface area contributed by atoms with E-state index in [2.05, 4.69) is 15.3 Å². The number of imidazole rings is 1. The Morgan fingerprint density at radius 3 is 3.00 bits per heavy atom. The van der Waals surface area contributed by atoms with E-state index in [4.69, 9.17) is 5.73 Å². The van der Waals surface area contributed by atoms with Crippen LogP contribution in [0.5, 0.6) is 5.75 Å². The van der Waals surface area contributed by atoms with Crippen molar-refractivity contribution in [3.63, 3.8) is 0 Å². The van der Waals surface area contributed by atoms with Crippen molar-refractivity contribution in [2.45, 2.75) is 6.42 Å². The smallest absolute Gasteiger partial charge is 0.251 e. The summed E-state index contributed by atoms with van der Waals surface area (Å²) in [5, 5.41) is 12.1. The Balaban J connectivity index is 1.89. The highest BCUT2D eigenvalue weighted by Crippen LogP contribution is 2.20. The van der Waals surface area contributed by atoms with Gasteiger partial charge in [-0.2, -0.15) is 0 Å². The zero-order valence-corrected chi connectivity index (χ0v) is 9.68. The largest absolute Gasteiger partial charge is 0.506 e. The molecule has 6 nitrogen and oxygen atoms in total. The highest BCUT2D eigenvalue weighted by molar-refractivity contribution is 5.95. The molecule has 1 amide bonds. The number of phenolic OH excluding ortho intramolecular Hbond substituents is 1. The molecular weight excluding hydrogens is 232 g/mol. The average Bonchev–Trinajstić information content (AvgIpc) is 2.85. The molecule has 0 fully saturated rings. The average molecular weight is 246 g/mol. The highest BCUT2D eigenvalue weighted by atomic mass is 16.3. The predicted octanol–water partition coefficient (Wildman–Crippen LogP) is 0.670. The Kier molecular flexibility index (Phi) is 3.47. The van der Waals surface area contributed by atoms with Gasteiger partial charge < -0.3 is 21.1 Å². The van der Waals surface area contributed by atoms with Gasteiger partial charge in [0.05, 0.1) is 5.69 Å². The van der Waals surface area contributed by atoms with Crippen molar-refractivity contribution >= 4 is 11.6 Å². The number of aromatic amines is 1. The lowest BCUT2D eigenvalue weighted by atomic mass is 10.2. The van der Waals surface area contributed by atoms with Gasteiger partial charge in [0.2, 0.25) is 0 Å². The second-order valence-electron chi connectivity index (χ2n) is 3.82. The fraction of sp³-hybridized carbons (Fsp3) is 0.167. The molecule has 0 aliphatic carbocycles. The molecule has 18 heavy (non-hydrogen) atoms. The van der Waals surface area contributed by atoms with E-state index in [0.29, 0.717) is 18.5 Å². The molecule has 0 atom stereocenters. The topological polar surface area (TPSA) is 104 Å². The van der Waals surface area contributed by atoms with Crippen molar-refractivity contribution in [1.82, 2.24) is 15.3 Å². The third-order valence-electron chi connectivity index (χ3n) is 2.49. The van der Waals surface area contributed by atoms with Crippen molar-refractivity contribution in [3.05, 3.63) is 42.0 Å². The van der Waals surface area contributed by atoms with Crippen LogP contribution in [0.25, 0.3) is 0 Å². The molecule has 0 bridgehead atoms. The second-order valence-corrected chi connectivity index (χ2v) is 3.82. The zero-order chi connectivity index (χ0) is 13.0. The van der Waals surface area contributed by atoms with Gasteiger partial charge >= 0.3 is 0 Å². The first-order valence-corrected chi connectivity index (χ1v) is 5.52. The van der Waals surface area contributed by atoms with Gasteiger partial charge in [0, 0.05) is 30.9 Å². The van der Waals surface area contributed by atoms with Crippen molar-refractivity contribution in [2.24, 2.45) is 0 Å². The summed E-state index contributed by atoms with van der Waals surface area (Å²) in [4.78, 5) is 18.7. The minimum absolute atomic E-state index is 0.0892. The van der Waals surface area contributed by atoms with Gasteiger partial charge in [-0.05, 0) is 18.2 Å². The molecule has 5 N–H and O–H groups in total. The lowest BCUT2D eigenvalue weighted by molar-refractivity contribution is 0.0953. The first-order chi connectivity index (χ1) is 8.66. The summed E-state index contributed by atoms with van der Waals surface area (Å²) in [6.07, 6.45) is 4.02. The maximum Gasteiger partial charge on any atom is 0.251 e. The quantitative estimate of drug-likeness (QED) is 0.470. The number of hydrogen-bond donors (Lipinski definition) is 4. The highest BCUT2D eigenvalue weighted by Gasteiger charge is 2.07. The summed E-state index contributed by atoms with van der Waals surface area (Å²) in [6, 6.07) is 4.41. The minimum atomic E-state index is -0.253. The molecule has 0 unspecified atom stereocenters. The molecule has 94 valence electrons. The van der Waals surface area contributed by atoms with E-state index in [0.717, 1.165) is 5.82 Å². The number of nitrogens with zero attached hydrogens (tertiary/aromatic N) is 1. The lowest BCUT2D eigenvalue weighted by Crippen LogP contribution is -2.25. The number of benzene rings is 1. The van der Waals surface area contributed by atoms with Crippen LogP contribution in [0, 0.1) is 0 Å². The van der Waals surface area contributed by atoms with Gasteiger partial charge in [0.1, 0.15) is 11.6 Å². The maximum absolute atomic E-state index is 11.7. The summed E-state index contributed by atoms with van der Waals surface area (Å²) in [6.45, 7) is 0.470. The number of aromatic nitrogens is 2. The Morgan fingerprint density at radius 1 is 1.50 bits per heavy atom. The fourth-order valence-electron chi connectivity index (χ4n) is 1.52. The number of rotatable bonds is 4. The number of aromatic hydroxyl groups is 1. The van der Waals surface area contributed by atoms with Gasteiger partial charge in [0.25, 0.3) is 5.91 Å². The van der Waals surface area contributed by atoms with E-state index in [1.807, 2.05) is 0 Å². The molecule has 0 radical (unpaired) electrons. The zero-order valence-electron chi connectivity index (χ0n) is 9.68. The SMILES string of the molecule is Nc1ccc(C(=O)NCCc2ncc[nH]2)cc1O. The molecule has 1 aromatic carbocycles. The number of anilines is 1. The van der Waals surface area contributed by atoms with Crippen LogP contribution in [0.4, 0.5) is 5.69 Å². The number of carbonyl (C=O) groups excluding carboxylic acids is 1. The third kappa shape index (κ3) is 2.79. The summed E-state index contributed by atoms with van der Waals surface area (Å²) < 4.78 is 0. The molecule has 2 aromatic rings. The molecule has 0 saturated carbocycles. The Hall–Kier alpha value is -2.50. The molecule has 1 heterocycles. The van der Waals surface area contributed by atoms with Crippen LogP contribution >= 0.6 is 0 Å².